The molecule has 14 heteroatoms. The minimum absolute atomic E-state index is 0.165. The maximum Gasteiger partial charge on any atom is 0.419 e. The van der Waals surface area contributed by atoms with Crippen molar-refractivity contribution in [3.8, 4) is 5.75 Å². The normalized spacial score (nSPS) is 16.8. The summed E-state index contributed by atoms with van der Waals surface area (Å²) in [5, 5.41) is 14.2. The molecule has 3 aromatic carbocycles. The lowest BCUT2D eigenvalue weighted by molar-refractivity contribution is -0.137. The lowest BCUT2D eigenvalue weighted by atomic mass is 9.86. The molecule has 55 heavy (non-hydrogen) atoms. The van der Waals surface area contributed by atoms with Crippen molar-refractivity contribution in [2.24, 2.45) is 0 Å². The van der Waals surface area contributed by atoms with Crippen LogP contribution in [-0.4, -0.2) is 59.9 Å². The van der Waals surface area contributed by atoms with E-state index in [1.165, 1.54) is 19.2 Å². The molecule has 1 unspecified atom stereocenters. The number of imide groups is 1. The van der Waals surface area contributed by atoms with Gasteiger partial charge in [0.25, 0.3) is 5.91 Å². The van der Waals surface area contributed by atoms with Crippen molar-refractivity contribution in [3.63, 3.8) is 0 Å². The van der Waals surface area contributed by atoms with Crippen molar-refractivity contribution in [1.82, 2.24) is 20.5 Å². The Kier molecular flexibility index (Phi) is 11.9. The monoisotopic (exact) mass is 757 g/mol. The Morgan fingerprint density at radius 2 is 1.73 bits per heavy atom. The number of carbonyl (C=O) groups excluding carboxylic acids is 3. The van der Waals surface area contributed by atoms with E-state index in [0.29, 0.717) is 24.3 Å². The number of piperidine rings is 2. The second-order valence-electron chi connectivity index (χ2n) is 14.3. The van der Waals surface area contributed by atoms with E-state index in [4.69, 9.17) is 4.74 Å². The summed E-state index contributed by atoms with van der Waals surface area (Å²) in [7, 11) is 1.45. The number of nitrogens with one attached hydrogen (secondary N) is 5. The highest BCUT2D eigenvalue weighted by atomic mass is 19.4. The van der Waals surface area contributed by atoms with Gasteiger partial charge in [0.2, 0.25) is 11.8 Å². The fourth-order valence-corrected chi connectivity index (χ4v) is 7.11. The van der Waals surface area contributed by atoms with E-state index in [1.807, 2.05) is 45.0 Å². The Labute approximate surface area is 318 Å². The third-order valence-corrected chi connectivity index (χ3v) is 9.81. The number of hydrogen-bond donors (Lipinski definition) is 5. The van der Waals surface area contributed by atoms with Gasteiger partial charge in [0.05, 0.1) is 34.3 Å². The van der Waals surface area contributed by atoms with Gasteiger partial charge in [0.1, 0.15) is 17.6 Å². The molecule has 5 N–H and O–H groups in total. The molecule has 0 spiro atoms. The van der Waals surface area contributed by atoms with Gasteiger partial charge in [-0.25, -0.2) is 4.98 Å². The molecule has 3 heterocycles. The molecular weight excluding hydrogens is 711 g/mol. The first-order chi connectivity index (χ1) is 26.3. The van der Waals surface area contributed by atoms with Crippen LogP contribution in [0.1, 0.15) is 78.1 Å². The predicted octanol–water partition coefficient (Wildman–Crippen LogP) is 7.64. The molecular formula is C41H46F3N7O4. The Morgan fingerprint density at radius 1 is 0.964 bits per heavy atom. The van der Waals surface area contributed by atoms with Crippen LogP contribution in [0, 0.1) is 6.92 Å². The van der Waals surface area contributed by atoms with Crippen molar-refractivity contribution >= 4 is 46.3 Å². The van der Waals surface area contributed by atoms with Crippen LogP contribution in [0.25, 0.3) is 0 Å². The molecule has 0 bridgehead atoms. The summed E-state index contributed by atoms with van der Waals surface area (Å²) in [5.74, 6) is 0.0316. The summed E-state index contributed by atoms with van der Waals surface area (Å²) in [6.07, 6.45) is -1.46. The molecule has 2 saturated heterocycles. The van der Waals surface area contributed by atoms with Crippen LogP contribution in [0.15, 0.2) is 72.9 Å². The van der Waals surface area contributed by atoms with Gasteiger partial charge in [-0.05, 0) is 112 Å². The topological polar surface area (TPSA) is 137 Å². The Balaban J connectivity index is 1.16. The number of hydrogen-bond acceptors (Lipinski definition) is 9. The molecule has 3 amide bonds. The number of pyridine rings is 1. The van der Waals surface area contributed by atoms with Crippen LogP contribution in [0.3, 0.4) is 0 Å². The Morgan fingerprint density at radius 3 is 2.44 bits per heavy atom. The first-order valence-corrected chi connectivity index (χ1v) is 18.4. The molecule has 1 atom stereocenters. The maximum absolute atomic E-state index is 14.1. The second-order valence-corrected chi connectivity index (χ2v) is 14.3. The van der Waals surface area contributed by atoms with E-state index in [2.05, 4.69) is 48.6 Å². The Hall–Kier alpha value is -5.63. The fraction of sp³-hybridized carbons (Fsp3) is 0.366. The summed E-state index contributed by atoms with van der Waals surface area (Å²) < 4.78 is 48.7. The molecule has 290 valence electrons. The van der Waals surface area contributed by atoms with Gasteiger partial charge in [0, 0.05) is 38.0 Å². The number of nitrogens with zero attached hydrogens (tertiary/aromatic N) is 2. The van der Waals surface area contributed by atoms with E-state index >= 15 is 0 Å². The number of aromatic nitrogens is 1. The van der Waals surface area contributed by atoms with Gasteiger partial charge in [-0.2, -0.15) is 13.2 Å². The van der Waals surface area contributed by atoms with Gasteiger partial charge in [0.15, 0.2) is 0 Å². The zero-order chi connectivity index (χ0) is 39.3. The first-order valence-electron chi connectivity index (χ1n) is 18.4. The minimum Gasteiger partial charge on any atom is -0.489 e. The predicted molar refractivity (Wildman–Crippen MR) is 206 cm³/mol. The number of likely N-dealkylation sites (tertiary alicyclic amines) is 1. The number of halogens is 3. The van der Waals surface area contributed by atoms with E-state index in [1.54, 1.807) is 18.2 Å². The number of rotatable bonds is 12. The van der Waals surface area contributed by atoms with Gasteiger partial charge in [-0.1, -0.05) is 24.3 Å². The highest BCUT2D eigenvalue weighted by Crippen LogP contribution is 2.41. The fourth-order valence-electron chi connectivity index (χ4n) is 7.11. The summed E-state index contributed by atoms with van der Waals surface area (Å²) in [6.45, 7) is 8.37. The molecule has 0 saturated carbocycles. The lowest BCUT2D eigenvalue weighted by Crippen LogP contribution is -2.47. The third kappa shape index (κ3) is 9.73. The molecule has 0 aliphatic carbocycles. The van der Waals surface area contributed by atoms with Crippen LogP contribution in [0.2, 0.25) is 0 Å². The van der Waals surface area contributed by atoms with Crippen molar-refractivity contribution in [2.75, 3.05) is 36.1 Å². The molecule has 11 nitrogen and oxygen atoms in total. The second kappa shape index (κ2) is 16.8. The summed E-state index contributed by atoms with van der Waals surface area (Å²) in [6, 6.07) is 19.2. The van der Waals surface area contributed by atoms with E-state index in [0.717, 1.165) is 61.1 Å². The zero-order valence-corrected chi connectivity index (χ0v) is 31.3. The molecule has 6 rings (SSSR count). The number of amides is 3. The number of anilines is 5. The van der Waals surface area contributed by atoms with Crippen LogP contribution in [0.4, 0.5) is 41.7 Å². The van der Waals surface area contributed by atoms with Gasteiger partial charge >= 0.3 is 6.18 Å². The third-order valence-electron chi connectivity index (χ3n) is 9.81. The SMILES string of the molecule is CNC(=O)c1ccccc1Nc1cc(Nc2cc(C)c(C3CCN(Cc4cccc(NC5CCC(=O)NC5=O)c4)CC3)cc2OC(C)C)ncc1C(F)(F)F. The van der Waals surface area contributed by atoms with E-state index in [9.17, 15) is 27.6 Å². The summed E-state index contributed by atoms with van der Waals surface area (Å²) >= 11 is 0. The number of ether oxygens (including phenoxy) is 1. The van der Waals surface area contributed by atoms with Crippen molar-refractivity contribution in [1.29, 1.82) is 0 Å². The quantitative estimate of drug-likeness (QED) is 0.0924. The highest BCUT2D eigenvalue weighted by molar-refractivity contribution is 6.01. The van der Waals surface area contributed by atoms with Gasteiger partial charge < -0.3 is 26.0 Å². The molecule has 1 aromatic heterocycles. The average molecular weight is 758 g/mol. The number of benzene rings is 3. The standard InChI is InChI=1S/C41H46F3N7O4/c1-24(2)55-36-20-30(27-14-16-51(17-15-27)23-26-8-7-9-28(19-26)47-33-12-13-38(52)50-40(33)54)25(3)18-35(36)49-37-21-34(31(22-46-37)41(42,43)44)48-32-11-6-5-10-29(32)39(53)45-4/h5-11,18-22,24,27,33,47H,12-17,23H2,1-4H3,(H,45,53)(H2,46,48,49)(H,50,52,54). The van der Waals surface area contributed by atoms with Gasteiger partial charge in [-0.15, -0.1) is 0 Å². The summed E-state index contributed by atoms with van der Waals surface area (Å²) in [5.41, 5.74) is 3.90. The summed E-state index contributed by atoms with van der Waals surface area (Å²) in [4.78, 5) is 42.7. The van der Waals surface area contributed by atoms with Gasteiger partial charge in [-0.3, -0.25) is 24.6 Å². The van der Waals surface area contributed by atoms with E-state index in [-0.39, 0.29) is 46.6 Å². The number of alkyl halides is 3. The van der Waals surface area contributed by atoms with Crippen LogP contribution >= 0.6 is 0 Å². The highest BCUT2D eigenvalue weighted by Gasteiger charge is 2.35. The molecule has 2 aliphatic heterocycles. The van der Waals surface area contributed by atoms with Crippen molar-refractivity contribution in [3.05, 3.63) is 101 Å². The first kappa shape index (κ1) is 39.1. The molecule has 4 aromatic rings. The average Bonchev–Trinajstić information content (AvgIpc) is 3.14. The molecule has 0 radical (unpaired) electrons. The zero-order valence-electron chi connectivity index (χ0n) is 31.3. The largest absolute Gasteiger partial charge is 0.489 e. The number of para-hydroxylation sites is 1. The number of aryl methyl sites for hydroxylation is 1. The Bertz CT molecular complexity index is 2050. The number of carbonyl (C=O) groups is 3. The molecule has 2 fully saturated rings. The van der Waals surface area contributed by atoms with Crippen molar-refractivity contribution in [2.45, 2.75) is 77.2 Å². The van der Waals surface area contributed by atoms with Crippen LogP contribution < -0.4 is 31.3 Å². The minimum atomic E-state index is -4.70. The molecule has 2 aliphatic rings. The smallest absolute Gasteiger partial charge is 0.419 e. The van der Waals surface area contributed by atoms with Crippen molar-refractivity contribution < 1.29 is 32.3 Å². The maximum atomic E-state index is 14.1. The lowest BCUT2D eigenvalue weighted by Gasteiger charge is -2.33. The van der Waals surface area contributed by atoms with Crippen LogP contribution in [-0.2, 0) is 22.3 Å². The van der Waals surface area contributed by atoms with E-state index < -0.39 is 23.7 Å². The van der Waals surface area contributed by atoms with Crippen LogP contribution in [0.5, 0.6) is 5.75 Å².